The lowest BCUT2D eigenvalue weighted by Crippen LogP contribution is -2.18. The quantitative estimate of drug-likeness (QED) is 0.829. The van der Waals surface area contributed by atoms with E-state index in [2.05, 4.69) is 16.7 Å². The lowest BCUT2D eigenvalue weighted by Gasteiger charge is -2.21. The number of aromatic nitrogens is 1. The van der Waals surface area contributed by atoms with Gasteiger partial charge in [-0.25, -0.2) is 0 Å². The Morgan fingerprint density at radius 1 is 1.28 bits per heavy atom. The maximum Gasteiger partial charge on any atom is 0.101 e. The third kappa shape index (κ3) is 1.62. The Morgan fingerprint density at radius 2 is 2.11 bits per heavy atom. The average Bonchev–Trinajstić information content (AvgIpc) is 2.84. The number of nitrogens with zero attached hydrogens (tertiary/aromatic N) is 2. The first-order valence-corrected chi connectivity index (χ1v) is 6.26. The second kappa shape index (κ2) is 4.32. The molecule has 0 radical (unpaired) electrons. The second-order valence-electron chi connectivity index (χ2n) is 4.72. The second-order valence-corrected chi connectivity index (χ2v) is 4.72. The van der Waals surface area contributed by atoms with E-state index in [1.165, 1.54) is 11.3 Å². The fourth-order valence-electron chi connectivity index (χ4n) is 2.73. The molecule has 0 bridgehead atoms. The highest BCUT2D eigenvalue weighted by atomic mass is 15.0. The van der Waals surface area contributed by atoms with E-state index in [9.17, 15) is 5.26 Å². The van der Waals surface area contributed by atoms with Gasteiger partial charge in [0, 0.05) is 17.9 Å². The molecule has 1 atom stereocenters. The van der Waals surface area contributed by atoms with Gasteiger partial charge >= 0.3 is 0 Å². The standard InChI is InChI=1S/C15H15N3/c16-10-11-4-1-2-6-14(11)18-9-8-12-13(17)5-3-7-15(12)18/h1-2,4,6,8-9,13H,3,5,7,17H2. The van der Waals surface area contributed by atoms with Crippen LogP contribution in [-0.4, -0.2) is 4.57 Å². The highest BCUT2D eigenvalue weighted by molar-refractivity contribution is 5.51. The fourth-order valence-corrected chi connectivity index (χ4v) is 2.73. The van der Waals surface area contributed by atoms with E-state index < -0.39 is 0 Å². The molecule has 0 saturated heterocycles. The molecule has 90 valence electrons. The van der Waals surface area contributed by atoms with Crippen LogP contribution in [0.4, 0.5) is 0 Å². The van der Waals surface area contributed by atoms with Gasteiger partial charge in [0.15, 0.2) is 0 Å². The molecule has 2 aromatic rings. The van der Waals surface area contributed by atoms with Gasteiger partial charge in [-0.05, 0) is 43.0 Å². The normalized spacial score (nSPS) is 18.1. The van der Waals surface area contributed by atoms with Crippen LogP contribution in [-0.2, 0) is 6.42 Å². The smallest absolute Gasteiger partial charge is 0.101 e. The minimum Gasteiger partial charge on any atom is -0.324 e. The molecular formula is C15H15N3. The zero-order chi connectivity index (χ0) is 12.5. The van der Waals surface area contributed by atoms with E-state index in [4.69, 9.17) is 5.73 Å². The first-order chi connectivity index (χ1) is 8.81. The summed E-state index contributed by atoms with van der Waals surface area (Å²) in [6, 6.07) is 12.2. The molecule has 0 fully saturated rings. The van der Waals surface area contributed by atoms with E-state index in [-0.39, 0.29) is 6.04 Å². The number of hydrogen-bond donors (Lipinski definition) is 1. The van der Waals surface area contributed by atoms with Crippen molar-refractivity contribution >= 4 is 0 Å². The number of rotatable bonds is 1. The van der Waals surface area contributed by atoms with Gasteiger partial charge in [0.2, 0.25) is 0 Å². The van der Waals surface area contributed by atoms with Crippen molar-refractivity contribution in [3.63, 3.8) is 0 Å². The van der Waals surface area contributed by atoms with Crippen LogP contribution >= 0.6 is 0 Å². The summed E-state index contributed by atoms with van der Waals surface area (Å²) < 4.78 is 2.12. The molecule has 3 heteroatoms. The summed E-state index contributed by atoms with van der Waals surface area (Å²) in [4.78, 5) is 0. The number of nitrogens with two attached hydrogens (primary N) is 1. The zero-order valence-corrected chi connectivity index (χ0v) is 10.1. The van der Waals surface area contributed by atoms with Crippen LogP contribution in [0.5, 0.6) is 0 Å². The SMILES string of the molecule is N#Cc1ccccc1-n1ccc2c1CCCC2N. The van der Waals surface area contributed by atoms with E-state index in [0.717, 1.165) is 24.9 Å². The molecule has 0 amide bonds. The molecule has 1 heterocycles. The molecule has 18 heavy (non-hydrogen) atoms. The molecule has 0 saturated carbocycles. The van der Waals surface area contributed by atoms with Crippen molar-refractivity contribution in [1.82, 2.24) is 4.57 Å². The van der Waals surface area contributed by atoms with Crippen molar-refractivity contribution in [2.75, 3.05) is 0 Å². The summed E-state index contributed by atoms with van der Waals surface area (Å²) in [5.74, 6) is 0. The first kappa shape index (κ1) is 11.1. The predicted molar refractivity (Wildman–Crippen MR) is 70.4 cm³/mol. The molecule has 1 aromatic heterocycles. The maximum absolute atomic E-state index is 9.19. The van der Waals surface area contributed by atoms with Gasteiger partial charge in [-0.2, -0.15) is 5.26 Å². The van der Waals surface area contributed by atoms with Crippen LogP contribution in [0, 0.1) is 11.3 Å². The molecule has 1 aliphatic rings. The molecule has 1 aromatic carbocycles. The molecule has 1 unspecified atom stereocenters. The highest BCUT2D eigenvalue weighted by Crippen LogP contribution is 2.31. The average molecular weight is 237 g/mol. The van der Waals surface area contributed by atoms with Crippen LogP contribution in [0.3, 0.4) is 0 Å². The molecule has 1 aliphatic carbocycles. The fraction of sp³-hybridized carbons (Fsp3) is 0.267. The predicted octanol–water partition coefficient (Wildman–Crippen LogP) is 2.69. The van der Waals surface area contributed by atoms with Gasteiger partial charge in [0.25, 0.3) is 0 Å². The van der Waals surface area contributed by atoms with E-state index >= 15 is 0 Å². The summed E-state index contributed by atoms with van der Waals surface area (Å²) in [5.41, 5.74) is 10.3. The molecule has 3 nitrogen and oxygen atoms in total. The van der Waals surface area contributed by atoms with Gasteiger partial charge in [0.1, 0.15) is 6.07 Å². The third-order valence-electron chi connectivity index (χ3n) is 3.64. The highest BCUT2D eigenvalue weighted by Gasteiger charge is 2.21. The van der Waals surface area contributed by atoms with Crippen molar-refractivity contribution in [3.05, 3.63) is 53.3 Å². The molecule has 3 rings (SSSR count). The van der Waals surface area contributed by atoms with Crippen molar-refractivity contribution in [2.24, 2.45) is 5.73 Å². The number of hydrogen-bond acceptors (Lipinski definition) is 2. The van der Waals surface area contributed by atoms with Gasteiger partial charge in [-0.1, -0.05) is 12.1 Å². The number of benzene rings is 1. The Labute approximate surface area is 106 Å². The van der Waals surface area contributed by atoms with Crippen LogP contribution < -0.4 is 5.73 Å². The molecule has 0 aliphatic heterocycles. The van der Waals surface area contributed by atoms with Crippen LogP contribution in [0.15, 0.2) is 36.5 Å². The van der Waals surface area contributed by atoms with Crippen molar-refractivity contribution in [3.8, 4) is 11.8 Å². The van der Waals surface area contributed by atoms with Crippen molar-refractivity contribution < 1.29 is 0 Å². The topological polar surface area (TPSA) is 54.7 Å². The third-order valence-corrected chi connectivity index (χ3v) is 3.64. The maximum atomic E-state index is 9.19. The molecular weight excluding hydrogens is 222 g/mol. The Hall–Kier alpha value is -2.05. The van der Waals surface area contributed by atoms with Gasteiger partial charge in [-0.15, -0.1) is 0 Å². The van der Waals surface area contributed by atoms with E-state index in [0.29, 0.717) is 5.56 Å². The molecule has 2 N–H and O–H groups in total. The summed E-state index contributed by atoms with van der Waals surface area (Å²) in [5, 5.41) is 9.19. The van der Waals surface area contributed by atoms with Crippen LogP contribution in [0.1, 0.15) is 35.7 Å². The summed E-state index contributed by atoms with van der Waals surface area (Å²) >= 11 is 0. The minimum absolute atomic E-state index is 0.143. The monoisotopic (exact) mass is 237 g/mol. The number of para-hydroxylation sites is 1. The summed E-state index contributed by atoms with van der Waals surface area (Å²) in [6.45, 7) is 0. The zero-order valence-electron chi connectivity index (χ0n) is 10.1. The van der Waals surface area contributed by atoms with Gasteiger partial charge < -0.3 is 10.3 Å². The lowest BCUT2D eigenvalue weighted by atomic mass is 9.93. The summed E-state index contributed by atoms with van der Waals surface area (Å²) in [6.07, 6.45) is 5.24. The lowest BCUT2D eigenvalue weighted by molar-refractivity contribution is 0.560. The Balaban J connectivity index is 2.16. The first-order valence-electron chi connectivity index (χ1n) is 6.26. The van der Waals surface area contributed by atoms with E-state index in [1.54, 1.807) is 0 Å². The summed E-state index contributed by atoms with van der Waals surface area (Å²) in [7, 11) is 0. The van der Waals surface area contributed by atoms with Gasteiger partial charge in [0.05, 0.1) is 11.3 Å². The van der Waals surface area contributed by atoms with Gasteiger partial charge in [-0.3, -0.25) is 0 Å². The van der Waals surface area contributed by atoms with Crippen LogP contribution in [0.25, 0.3) is 5.69 Å². The van der Waals surface area contributed by atoms with Crippen molar-refractivity contribution in [1.29, 1.82) is 5.26 Å². The minimum atomic E-state index is 0.143. The Morgan fingerprint density at radius 3 is 2.94 bits per heavy atom. The number of nitriles is 1. The largest absolute Gasteiger partial charge is 0.324 e. The van der Waals surface area contributed by atoms with E-state index in [1.807, 2.05) is 30.5 Å². The molecule has 0 spiro atoms. The van der Waals surface area contributed by atoms with Crippen LogP contribution in [0.2, 0.25) is 0 Å². The number of fused-ring (bicyclic) bond motifs is 1. The Bertz CT molecular complexity index is 619. The Kier molecular flexibility index (Phi) is 2.66. The van der Waals surface area contributed by atoms with Crippen molar-refractivity contribution in [2.45, 2.75) is 25.3 Å².